The summed E-state index contributed by atoms with van der Waals surface area (Å²) in [4.78, 5) is 16.5. The van der Waals surface area contributed by atoms with Crippen molar-refractivity contribution in [3.8, 4) is 5.75 Å². The topological polar surface area (TPSA) is 72.8 Å². The van der Waals surface area contributed by atoms with Crippen LogP contribution in [0, 0.1) is 6.92 Å². The lowest BCUT2D eigenvalue weighted by atomic mass is 10.2. The van der Waals surface area contributed by atoms with Gasteiger partial charge >= 0.3 is 5.97 Å². The Bertz CT molecular complexity index is 731. The van der Waals surface area contributed by atoms with Crippen LogP contribution in [0.4, 0.5) is 5.13 Å². The highest BCUT2D eigenvalue weighted by atomic mass is 79.9. The van der Waals surface area contributed by atoms with Gasteiger partial charge in [0, 0.05) is 0 Å². The minimum absolute atomic E-state index is 0.337. The summed E-state index contributed by atoms with van der Waals surface area (Å²) in [5.74, 6) is 0.392. The predicted molar refractivity (Wildman–Crippen MR) is 94.7 cm³/mol. The zero-order valence-corrected chi connectivity index (χ0v) is 15.3. The Hall–Kier alpha value is -1.93. The van der Waals surface area contributed by atoms with E-state index in [2.05, 4.69) is 31.4 Å². The Morgan fingerprint density at radius 3 is 2.96 bits per heavy atom. The molecule has 122 valence electrons. The van der Waals surface area contributed by atoms with Gasteiger partial charge in [0.15, 0.2) is 0 Å². The number of hydrazone groups is 1. The van der Waals surface area contributed by atoms with Crippen LogP contribution in [0.1, 0.15) is 27.9 Å². The molecule has 0 aliphatic heterocycles. The molecule has 0 saturated heterocycles. The number of carbonyl (C=O) groups excluding carboxylic acids is 1. The molecule has 6 nitrogen and oxygen atoms in total. The van der Waals surface area contributed by atoms with E-state index in [4.69, 9.17) is 9.47 Å². The van der Waals surface area contributed by atoms with Crippen molar-refractivity contribution >= 4 is 44.6 Å². The van der Waals surface area contributed by atoms with Gasteiger partial charge in [0.2, 0.25) is 5.13 Å². The fraction of sp³-hybridized carbons (Fsp3) is 0.267. The summed E-state index contributed by atoms with van der Waals surface area (Å²) in [7, 11) is 1.61. The highest BCUT2D eigenvalue weighted by molar-refractivity contribution is 9.10. The van der Waals surface area contributed by atoms with E-state index in [9.17, 15) is 4.79 Å². The van der Waals surface area contributed by atoms with Crippen molar-refractivity contribution in [3.05, 3.63) is 38.8 Å². The number of hydrogen-bond donors (Lipinski definition) is 1. The van der Waals surface area contributed by atoms with Gasteiger partial charge in [0.05, 0.1) is 30.1 Å². The van der Waals surface area contributed by atoms with Gasteiger partial charge < -0.3 is 9.47 Å². The van der Waals surface area contributed by atoms with Gasteiger partial charge in [-0.3, -0.25) is 5.43 Å². The molecule has 0 amide bonds. The van der Waals surface area contributed by atoms with Crippen molar-refractivity contribution in [1.82, 2.24) is 4.98 Å². The Balaban J connectivity index is 2.04. The van der Waals surface area contributed by atoms with Crippen molar-refractivity contribution in [2.75, 3.05) is 19.1 Å². The van der Waals surface area contributed by atoms with Crippen LogP contribution in [0.25, 0.3) is 0 Å². The second-order valence-corrected chi connectivity index (χ2v) is 6.27. The fourth-order valence-corrected chi connectivity index (χ4v) is 3.12. The van der Waals surface area contributed by atoms with E-state index in [1.807, 2.05) is 18.2 Å². The molecule has 1 heterocycles. The summed E-state index contributed by atoms with van der Waals surface area (Å²) in [5.41, 5.74) is 4.34. The van der Waals surface area contributed by atoms with Crippen LogP contribution in [0.3, 0.4) is 0 Å². The summed E-state index contributed by atoms with van der Waals surface area (Å²) >= 11 is 4.63. The van der Waals surface area contributed by atoms with Crippen LogP contribution in [0.15, 0.2) is 27.8 Å². The molecule has 1 aromatic carbocycles. The molecular weight excluding hydrogens is 382 g/mol. The molecule has 0 atom stereocenters. The third-order valence-electron chi connectivity index (χ3n) is 2.81. The molecule has 0 fully saturated rings. The lowest BCUT2D eigenvalue weighted by molar-refractivity contribution is 0.0531. The molecule has 2 aromatic rings. The molecule has 0 radical (unpaired) electrons. The second kappa shape index (κ2) is 8.07. The number of nitrogens with zero attached hydrogens (tertiary/aromatic N) is 2. The minimum Gasteiger partial charge on any atom is -0.496 e. The number of esters is 1. The molecule has 23 heavy (non-hydrogen) atoms. The molecule has 1 aromatic heterocycles. The van der Waals surface area contributed by atoms with E-state index in [-0.39, 0.29) is 5.97 Å². The first-order valence-electron chi connectivity index (χ1n) is 6.82. The smallest absolute Gasteiger partial charge is 0.350 e. The first kappa shape index (κ1) is 17.4. The number of benzene rings is 1. The molecule has 0 spiro atoms. The number of aryl methyl sites for hydroxylation is 1. The Morgan fingerprint density at radius 2 is 2.30 bits per heavy atom. The van der Waals surface area contributed by atoms with Gasteiger partial charge in [-0.2, -0.15) is 5.10 Å². The summed E-state index contributed by atoms with van der Waals surface area (Å²) in [6.45, 7) is 3.87. The zero-order chi connectivity index (χ0) is 16.8. The molecule has 0 aliphatic rings. The van der Waals surface area contributed by atoms with Crippen LogP contribution >= 0.6 is 27.3 Å². The van der Waals surface area contributed by atoms with Gasteiger partial charge in [-0.1, -0.05) is 11.3 Å². The van der Waals surface area contributed by atoms with E-state index < -0.39 is 0 Å². The standard InChI is InChI=1S/C15H16BrN3O3S/c1-4-22-14(20)13-9(2)18-15(23-13)19-17-8-10-5-6-12(21-3)11(16)7-10/h5-8H,4H2,1-3H3,(H,18,19). The maximum Gasteiger partial charge on any atom is 0.350 e. The first-order valence-corrected chi connectivity index (χ1v) is 8.43. The number of anilines is 1. The third kappa shape index (κ3) is 4.52. The van der Waals surface area contributed by atoms with Crippen molar-refractivity contribution in [2.45, 2.75) is 13.8 Å². The average Bonchev–Trinajstić information content (AvgIpc) is 2.89. The Labute approximate surface area is 146 Å². The van der Waals surface area contributed by atoms with E-state index in [1.165, 1.54) is 11.3 Å². The molecule has 0 saturated carbocycles. The molecular formula is C15H16BrN3O3S. The van der Waals surface area contributed by atoms with Gasteiger partial charge in [0.1, 0.15) is 10.6 Å². The van der Waals surface area contributed by atoms with Crippen molar-refractivity contribution in [2.24, 2.45) is 5.10 Å². The highest BCUT2D eigenvalue weighted by Gasteiger charge is 2.15. The highest BCUT2D eigenvalue weighted by Crippen LogP contribution is 2.25. The van der Waals surface area contributed by atoms with Gasteiger partial charge in [-0.05, 0) is 53.5 Å². The lowest BCUT2D eigenvalue weighted by Crippen LogP contribution is -2.03. The quantitative estimate of drug-likeness (QED) is 0.455. The monoisotopic (exact) mass is 397 g/mol. The predicted octanol–water partition coefficient (Wildman–Crippen LogP) is 3.85. The van der Waals surface area contributed by atoms with Gasteiger partial charge in [-0.25, -0.2) is 9.78 Å². The zero-order valence-electron chi connectivity index (χ0n) is 12.9. The van der Waals surface area contributed by atoms with E-state index in [1.54, 1.807) is 27.2 Å². The third-order valence-corrected chi connectivity index (χ3v) is 4.47. The van der Waals surface area contributed by atoms with Gasteiger partial charge in [-0.15, -0.1) is 0 Å². The van der Waals surface area contributed by atoms with Crippen LogP contribution < -0.4 is 10.2 Å². The summed E-state index contributed by atoms with van der Waals surface area (Å²) in [6.07, 6.45) is 1.66. The van der Waals surface area contributed by atoms with Crippen molar-refractivity contribution < 1.29 is 14.3 Å². The van der Waals surface area contributed by atoms with E-state index in [0.29, 0.717) is 22.3 Å². The molecule has 0 aliphatic carbocycles. The Morgan fingerprint density at radius 1 is 1.52 bits per heavy atom. The number of nitrogens with one attached hydrogen (secondary N) is 1. The number of halogens is 1. The SMILES string of the molecule is CCOC(=O)c1sc(NN=Cc2ccc(OC)c(Br)c2)nc1C. The summed E-state index contributed by atoms with van der Waals surface area (Å²) < 4.78 is 11.0. The largest absolute Gasteiger partial charge is 0.496 e. The fourth-order valence-electron chi connectivity index (χ4n) is 1.76. The molecule has 1 N–H and O–H groups in total. The maximum atomic E-state index is 11.7. The number of methoxy groups -OCH3 is 1. The number of aromatic nitrogens is 1. The van der Waals surface area contributed by atoms with Gasteiger partial charge in [0.25, 0.3) is 0 Å². The summed E-state index contributed by atoms with van der Waals surface area (Å²) in [6, 6.07) is 5.62. The second-order valence-electron chi connectivity index (χ2n) is 4.42. The average molecular weight is 398 g/mol. The number of carbonyl (C=O) groups is 1. The number of hydrogen-bond acceptors (Lipinski definition) is 7. The molecule has 2 rings (SSSR count). The van der Waals surface area contributed by atoms with Crippen LogP contribution in [-0.4, -0.2) is 30.9 Å². The number of ether oxygens (including phenoxy) is 2. The van der Waals surface area contributed by atoms with E-state index in [0.717, 1.165) is 15.8 Å². The number of thiazole rings is 1. The normalized spacial score (nSPS) is 10.8. The van der Waals surface area contributed by atoms with Crippen molar-refractivity contribution in [1.29, 1.82) is 0 Å². The van der Waals surface area contributed by atoms with Crippen LogP contribution in [0.5, 0.6) is 5.75 Å². The molecule has 0 unspecified atom stereocenters. The first-order chi connectivity index (χ1) is 11.0. The minimum atomic E-state index is -0.362. The molecule has 0 bridgehead atoms. The van der Waals surface area contributed by atoms with Crippen LogP contribution in [-0.2, 0) is 4.74 Å². The molecule has 8 heteroatoms. The van der Waals surface area contributed by atoms with Crippen molar-refractivity contribution in [3.63, 3.8) is 0 Å². The number of rotatable bonds is 6. The Kier molecular flexibility index (Phi) is 6.12. The van der Waals surface area contributed by atoms with Crippen LogP contribution in [0.2, 0.25) is 0 Å². The maximum absolute atomic E-state index is 11.7. The van der Waals surface area contributed by atoms with E-state index >= 15 is 0 Å². The summed E-state index contributed by atoms with van der Waals surface area (Å²) in [5, 5.41) is 4.66. The lowest BCUT2D eigenvalue weighted by Gasteiger charge is -2.02.